The van der Waals surface area contributed by atoms with Crippen molar-refractivity contribution in [3.05, 3.63) is 59.4 Å². The summed E-state index contributed by atoms with van der Waals surface area (Å²) in [5.74, 6) is 2.00. The van der Waals surface area contributed by atoms with Crippen molar-refractivity contribution in [3.8, 4) is 16.9 Å². The van der Waals surface area contributed by atoms with Crippen molar-refractivity contribution in [1.29, 1.82) is 0 Å². The summed E-state index contributed by atoms with van der Waals surface area (Å²) in [5.41, 5.74) is 5.67. The summed E-state index contributed by atoms with van der Waals surface area (Å²) >= 11 is 6.14. The van der Waals surface area contributed by atoms with Gasteiger partial charge in [-0.3, -0.25) is 0 Å². The van der Waals surface area contributed by atoms with Crippen molar-refractivity contribution in [2.75, 3.05) is 50.6 Å². The van der Waals surface area contributed by atoms with Crippen molar-refractivity contribution in [1.82, 2.24) is 14.9 Å². The van der Waals surface area contributed by atoms with Crippen molar-refractivity contribution < 1.29 is 4.74 Å². The Morgan fingerprint density at radius 2 is 1.82 bits per heavy atom. The Kier molecular flexibility index (Phi) is 6.38. The fourth-order valence-electron chi connectivity index (χ4n) is 4.78. The fraction of sp³-hybridized carbons (Fsp3) is 0.385. The number of piperidine rings is 1. The molecular formula is C26H30ClN5O. The molecule has 3 heterocycles. The number of aromatic nitrogens is 2. The van der Waals surface area contributed by atoms with Crippen LogP contribution in [0.1, 0.15) is 18.4 Å². The predicted molar refractivity (Wildman–Crippen MR) is 135 cm³/mol. The highest BCUT2D eigenvalue weighted by atomic mass is 35.5. The van der Waals surface area contributed by atoms with E-state index in [1.807, 2.05) is 30.6 Å². The SMILES string of the molecule is COc1cc(-c2cnc(Nc3ccc4c(c3)N(CC3CCN(C)CC3)CC4)nc2)ccc1Cl. The number of benzene rings is 2. The van der Waals surface area contributed by atoms with Gasteiger partial charge in [-0.2, -0.15) is 0 Å². The summed E-state index contributed by atoms with van der Waals surface area (Å²) in [5, 5.41) is 3.96. The van der Waals surface area contributed by atoms with Gasteiger partial charge in [0.05, 0.1) is 12.1 Å². The van der Waals surface area contributed by atoms with Crippen LogP contribution in [0.25, 0.3) is 11.1 Å². The van der Waals surface area contributed by atoms with Crippen molar-refractivity contribution in [3.63, 3.8) is 0 Å². The molecule has 7 heteroatoms. The average Bonchev–Trinajstić information content (AvgIpc) is 3.23. The highest BCUT2D eigenvalue weighted by Gasteiger charge is 2.24. The van der Waals surface area contributed by atoms with E-state index in [0.29, 0.717) is 16.7 Å². The Morgan fingerprint density at radius 1 is 1.03 bits per heavy atom. The lowest BCUT2D eigenvalue weighted by molar-refractivity contribution is 0.222. The molecule has 2 aliphatic rings. The quantitative estimate of drug-likeness (QED) is 0.538. The monoisotopic (exact) mass is 463 g/mol. The van der Waals surface area contributed by atoms with Crippen LogP contribution >= 0.6 is 11.6 Å². The summed E-state index contributed by atoms with van der Waals surface area (Å²) < 4.78 is 5.32. The van der Waals surface area contributed by atoms with Gasteiger partial charge in [-0.25, -0.2) is 9.97 Å². The van der Waals surface area contributed by atoms with Gasteiger partial charge in [-0.1, -0.05) is 23.7 Å². The minimum Gasteiger partial charge on any atom is -0.495 e. The largest absolute Gasteiger partial charge is 0.495 e. The molecule has 1 saturated heterocycles. The molecule has 0 radical (unpaired) electrons. The normalized spacial score (nSPS) is 16.6. The zero-order valence-corrected chi connectivity index (χ0v) is 20.0. The Hall–Kier alpha value is -2.83. The van der Waals surface area contributed by atoms with Crippen LogP contribution in [0.5, 0.6) is 5.75 Å². The first-order valence-corrected chi connectivity index (χ1v) is 12.0. The van der Waals surface area contributed by atoms with E-state index in [2.05, 4.69) is 50.3 Å². The Morgan fingerprint density at radius 3 is 2.58 bits per heavy atom. The second kappa shape index (κ2) is 9.57. The number of fused-ring (bicyclic) bond motifs is 1. The van der Waals surface area contributed by atoms with Crippen LogP contribution in [0.15, 0.2) is 48.8 Å². The topological polar surface area (TPSA) is 53.5 Å². The van der Waals surface area contributed by atoms with Gasteiger partial charge in [-0.05, 0) is 80.7 Å². The molecule has 1 N–H and O–H groups in total. The molecule has 172 valence electrons. The van der Waals surface area contributed by atoms with E-state index in [1.165, 1.54) is 37.2 Å². The van der Waals surface area contributed by atoms with Gasteiger partial charge in [0.2, 0.25) is 5.95 Å². The molecule has 1 aromatic heterocycles. The highest BCUT2D eigenvalue weighted by Crippen LogP contribution is 2.34. The van der Waals surface area contributed by atoms with Crippen LogP contribution in [-0.4, -0.2) is 55.2 Å². The maximum Gasteiger partial charge on any atom is 0.227 e. The number of nitrogens with zero attached hydrogens (tertiary/aromatic N) is 4. The molecule has 0 amide bonds. The molecule has 0 atom stereocenters. The second-order valence-corrected chi connectivity index (χ2v) is 9.46. The molecule has 0 aliphatic carbocycles. The van der Waals surface area contributed by atoms with Gasteiger partial charge in [-0.15, -0.1) is 0 Å². The number of anilines is 3. The molecule has 2 aliphatic heterocycles. The lowest BCUT2D eigenvalue weighted by atomic mass is 9.96. The first-order chi connectivity index (χ1) is 16.1. The standard InChI is InChI=1S/C26H30ClN5O/c1-31-10-7-18(8-11-31)17-32-12-9-19-3-5-22(14-24(19)32)30-26-28-15-21(16-29-26)20-4-6-23(27)25(13-20)33-2/h3-6,13-16,18H,7-12,17H2,1-2H3,(H,28,29,30). The van der Waals surface area contributed by atoms with Crippen molar-refractivity contribution in [2.45, 2.75) is 19.3 Å². The van der Waals surface area contributed by atoms with Gasteiger partial charge in [0, 0.05) is 42.4 Å². The van der Waals surface area contributed by atoms with E-state index >= 15 is 0 Å². The molecule has 6 nitrogen and oxygen atoms in total. The summed E-state index contributed by atoms with van der Waals surface area (Å²) in [7, 11) is 3.83. The number of ether oxygens (including phenoxy) is 1. The number of hydrogen-bond donors (Lipinski definition) is 1. The first-order valence-electron chi connectivity index (χ1n) is 11.6. The zero-order chi connectivity index (χ0) is 22.8. The zero-order valence-electron chi connectivity index (χ0n) is 19.2. The van der Waals surface area contributed by atoms with E-state index in [9.17, 15) is 0 Å². The smallest absolute Gasteiger partial charge is 0.227 e. The number of halogens is 1. The summed E-state index contributed by atoms with van der Waals surface area (Å²) in [6.07, 6.45) is 7.34. The molecule has 3 aromatic rings. The Labute approximate surface area is 200 Å². The summed E-state index contributed by atoms with van der Waals surface area (Å²) in [4.78, 5) is 14.1. The van der Waals surface area contributed by atoms with Crippen LogP contribution in [0.2, 0.25) is 5.02 Å². The van der Waals surface area contributed by atoms with Gasteiger partial charge in [0.1, 0.15) is 5.75 Å². The molecule has 0 unspecified atom stereocenters. The second-order valence-electron chi connectivity index (χ2n) is 9.06. The fourth-order valence-corrected chi connectivity index (χ4v) is 4.97. The minimum atomic E-state index is 0.583. The van der Waals surface area contributed by atoms with Crippen molar-refractivity contribution >= 4 is 28.9 Å². The lowest BCUT2D eigenvalue weighted by Gasteiger charge is -2.32. The third-order valence-corrected chi connectivity index (χ3v) is 7.10. The molecule has 2 aromatic carbocycles. The van der Waals surface area contributed by atoms with Crippen molar-refractivity contribution in [2.24, 2.45) is 5.92 Å². The number of hydrogen-bond acceptors (Lipinski definition) is 6. The summed E-state index contributed by atoms with van der Waals surface area (Å²) in [6, 6.07) is 12.3. The van der Waals surface area contributed by atoms with Gasteiger partial charge in [0.15, 0.2) is 0 Å². The van der Waals surface area contributed by atoms with Gasteiger partial charge < -0.3 is 19.9 Å². The van der Waals surface area contributed by atoms with Crippen LogP contribution in [0.3, 0.4) is 0 Å². The van der Waals surface area contributed by atoms with E-state index in [1.54, 1.807) is 7.11 Å². The molecule has 33 heavy (non-hydrogen) atoms. The number of rotatable bonds is 6. The Balaban J connectivity index is 1.27. The average molecular weight is 464 g/mol. The molecule has 0 spiro atoms. The third kappa shape index (κ3) is 4.92. The minimum absolute atomic E-state index is 0.583. The number of methoxy groups -OCH3 is 1. The van der Waals surface area contributed by atoms with Crippen LogP contribution in [-0.2, 0) is 6.42 Å². The van der Waals surface area contributed by atoms with Crippen LogP contribution in [0.4, 0.5) is 17.3 Å². The van der Waals surface area contributed by atoms with Crippen LogP contribution < -0.4 is 15.0 Å². The molecule has 5 rings (SSSR count). The molecular weight excluding hydrogens is 434 g/mol. The van der Waals surface area contributed by atoms with Crippen LogP contribution in [0, 0.1) is 5.92 Å². The Bertz CT molecular complexity index is 1110. The lowest BCUT2D eigenvalue weighted by Crippen LogP contribution is -2.36. The maximum atomic E-state index is 6.14. The third-order valence-electron chi connectivity index (χ3n) is 6.79. The van der Waals surface area contributed by atoms with E-state index in [-0.39, 0.29) is 0 Å². The van der Waals surface area contributed by atoms with E-state index < -0.39 is 0 Å². The van der Waals surface area contributed by atoms with Gasteiger partial charge in [0.25, 0.3) is 0 Å². The van der Waals surface area contributed by atoms with E-state index in [4.69, 9.17) is 16.3 Å². The molecule has 0 bridgehead atoms. The maximum absolute atomic E-state index is 6.14. The summed E-state index contributed by atoms with van der Waals surface area (Å²) in [6.45, 7) is 4.69. The predicted octanol–water partition coefficient (Wildman–Crippen LogP) is 5.25. The molecule has 0 saturated carbocycles. The highest BCUT2D eigenvalue weighted by molar-refractivity contribution is 6.32. The van der Waals surface area contributed by atoms with E-state index in [0.717, 1.165) is 42.2 Å². The first kappa shape index (κ1) is 22.0. The number of nitrogens with one attached hydrogen (secondary N) is 1. The van der Waals surface area contributed by atoms with Gasteiger partial charge >= 0.3 is 0 Å². The molecule has 1 fully saturated rings. The number of likely N-dealkylation sites (tertiary alicyclic amines) is 1.